The predicted octanol–water partition coefficient (Wildman–Crippen LogP) is 3.88. The summed E-state index contributed by atoms with van der Waals surface area (Å²) in [5.41, 5.74) is 5.45. The largest absolute Gasteiger partial charge is 0.356 e. The summed E-state index contributed by atoms with van der Waals surface area (Å²) in [4.78, 5) is 30.2. The topological polar surface area (TPSA) is 77.0 Å². The van der Waals surface area contributed by atoms with E-state index in [0.29, 0.717) is 31.0 Å². The fourth-order valence-corrected chi connectivity index (χ4v) is 5.62. The van der Waals surface area contributed by atoms with Crippen molar-refractivity contribution in [3.63, 3.8) is 0 Å². The first-order chi connectivity index (χ1) is 17.1. The first kappa shape index (κ1) is 23.7. The number of hydrogen-bond donors (Lipinski definition) is 2. The van der Waals surface area contributed by atoms with E-state index in [9.17, 15) is 9.59 Å². The molecule has 1 saturated carbocycles. The molecule has 2 aliphatic heterocycles. The van der Waals surface area contributed by atoms with Crippen LogP contribution in [0.3, 0.4) is 0 Å². The Morgan fingerprint density at radius 3 is 2.60 bits per heavy atom. The SMILES string of the molecule is O=C(CCC1=NNC2N(Cc3ccccc3)C(=O)C3CCCCC3N12)NCCc1ccc(Cl)cc1. The van der Waals surface area contributed by atoms with Gasteiger partial charge in [-0.1, -0.05) is 66.9 Å². The molecule has 3 atom stereocenters. The first-order valence-corrected chi connectivity index (χ1v) is 12.9. The van der Waals surface area contributed by atoms with Gasteiger partial charge in [0.25, 0.3) is 0 Å². The fourth-order valence-electron chi connectivity index (χ4n) is 5.49. The highest BCUT2D eigenvalue weighted by molar-refractivity contribution is 6.30. The molecule has 0 spiro atoms. The number of halogens is 1. The van der Waals surface area contributed by atoms with Crippen LogP contribution < -0.4 is 10.7 Å². The minimum Gasteiger partial charge on any atom is -0.356 e. The molecular weight excluding hydrogens is 462 g/mol. The van der Waals surface area contributed by atoms with E-state index in [1.807, 2.05) is 47.4 Å². The molecule has 0 radical (unpaired) electrons. The van der Waals surface area contributed by atoms with E-state index in [1.165, 1.54) is 0 Å². The van der Waals surface area contributed by atoms with Gasteiger partial charge in [-0.05, 0) is 42.5 Å². The van der Waals surface area contributed by atoms with Gasteiger partial charge in [0, 0.05) is 37.0 Å². The van der Waals surface area contributed by atoms with Crippen LogP contribution >= 0.6 is 11.6 Å². The van der Waals surface area contributed by atoms with Gasteiger partial charge in [-0.2, -0.15) is 5.10 Å². The Morgan fingerprint density at radius 2 is 1.80 bits per heavy atom. The number of amidine groups is 1. The standard InChI is InChI=1S/C27H32ClN5O2/c28-21-12-10-19(11-13-21)16-17-29-25(34)15-14-24-30-31-27-32(18-20-6-2-1-3-7-20)26(35)22-8-4-5-9-23(22)33(24)27/h1-3,6-7,10-13,22-23,27,31H,4-5,8-9,14-18H2,(H,29,34). The van der Waals surface area contributed by atoms with Crippen LogP contribution in [-0.4, -0.2) is 46.3 Å². The summed E-state index contributed by atoms with van der Waals surface area (Å²) < 4.78 is 0. The molecule has 3 unspecified atom stereocenters. The average Bonchev–Trinajstić information content (AvgIpc) is 3.31. The predicted molar refractivity (Wildman–Crippen MR) is 136 cm³/mol. The van der Waals surface area contributed by atoms with Gasteiger partial charge in [-0.3, -0.25) is 19.9 Å². The number of hydrogen-bond acceptors (Lipinski definition) is 5. The van der Waals surface area contributed by atoms with Crippen LogP contribution in [0.5, 0.6) is 0 Å². The maximum atomic E-state index is 13.5. The van der Waals surface area contributed by atoms with Crippen molar-refractivity contribution in [2.45, 2.75) is 63.8 Å². The number of carbonyl (C=O) groups excluding carboxylic acids is 2. The fraction of sp³-hybridized carbons (Fsp3) is 0.444. The number of benzene rings is 2. The molecule has 5 rings (SSSR count). The minimum absolute atomic E-state index is 0.0120. The minimum atomic E-state index is -0.287. The Hall–Kier alpha value is -3.06. The summed E-state index contributed by atoms with van der Waals surface area (Å²) in [5, 5.41) is 8.34. The zero-order valence-corrected chi connectivity index (χ0v) is 20.6. The first-order valence-electron chi connectivity index (χ1n) is 12.6. The van der Waals surface area contributed by atoms with Gasteiger partial charge in [-0.25, -0.2) is 0 Å². The van der Waals surface area contributed by atoms with Crippen molar-refractivity contribution in [2.75, 3.05) is 6.54 Å². The van der Waals surface area contributed by atoms with Gasteiger partial charge in [0.2, 0.25) is 11.8 Å². The van der Waals surface area contributed by atoms with Crippen LogP contribution in [0.2, 0.25) is 5.02 Å². The Balaban J connectivity index is 1.20. The summed E-state index contributed by atoms with van der Waals surface area (Å²) in [6, 6.07) is 17.9. The summed E-state index contributed by atoms with van der Waals surface area (Å²) in [7, 11) is 0. The van der Waals surface area contributed by atoms with Crippen LogP contribution in [0.1, 0.15) is 49.7 Å². The van der Waals surface area contributed by atoms with Crippen molar-refractivity contribution in [1.82, 2.24) is 20.5 Å². The van der Waals surface area contributed by atoms with Crippen LogP contribution in [0.15, 0.2) is 59.7 Å². The van der Waals surface area contributed by atoms with Crippen molar-refractivity contribution in [2.24, 2.45) is 11.0 Å². The number of hydrazone groups is 1. The second kappa shape index (κ2) is 10.7. The van der Waals surface area contributed by atoms with Gasteiger partial charge in [-0.15, -0.1) is 0 Å². The van der Waals surface area contributed by atoms with Gasteiger partial charge >= 0.3 is 0 Å². The van der Waals surface area contributed by atoms with Crippen LogP contribution in [-0.2, 0) is 22.6 Å². The maximum absolute atomic E-state index is 13.5. The number of nitrogens with zero attached hydrogens (tertiary/aromatic N) is 3. The molecule has 35 heavy (non-hydrogen) atoms. The number of carbonyl (C=O) groups is 2. The van der Waals surface area contributed by atoms with Gasteiger partial charge in [0.05, 0.1) is 5.92 Å². The third-order valence-electron chi connectivity index (χ3n) is 7.27. The average molecular weight is 494 g/mol. The Bertz CT molecular complexity index is 1070. The Kier molecular flexibility index (Phi) is 7.23. The van der Waals surface area contributed by atoms with E-state index in [2.05, 4.69) is 32.9 Å². The highest BCUT2D eigenvalue weighted by Crippen LogP contribution is 2.38. The van der Waals surface area contributed by atoms with E-state index in [-0.39, 0.29) is 30.1 Å². The maximum Gasteiger partial charge on any atom is 0.231 e. The molecule has 2 aromatic rings. The number of nitrogens with one attached hydrogen (secondary N) is 2. The van der Waals surface area contributed by atoms with Crippen LogP contribution in [0, 0.1) is 5.92 Å². The Morgan fingerprint density at radius 1 is 1.03 bits per heavy atom. The zero-order valence-electron chi connectivity index (χ0n) is 19.8. The van der Waals surface area contributed by atoms with E-state index in [0.717, 1.165) is 49.1 Å². The zero-order chi connectivity index (χ0) is 24.2. The van der Waals surface area contributed by atoms with E-state index < -0.39 is 0 Å². The van der Waals surface area contributed by atoms with Gasteiger partial charge in [0.15, 0.2) is 6.29 Å². The number of amides is 2. The second-order valence-electron chi connectivity index (χ2n) is 9.57. The molecule has 0 aromatic heterocycles. The molecule has 2 aromatic carbocycles. The highest BCUT2D eigenvalue weighted by Gasteiger charge is 2.50. The summed E-state index contributed by atoms with van der Waals surface area (Å²) in [6.07, 6.45) is 5.50. The highest BCUT2D eigenvalue weighted by atomic mass is 35.5. The van der Waals surface area contributed by atoms with Crippen LogP contribution in [0.4, 0.5) is 0 Å². The van der Waals surface area contributed by atoms with Crippen LogP contribution in [0.25, 0.3) is 0 Å². The lowest BCUT2D eigenvalue weighted by Gasteiger charge is -2.50. The van der Waals surface area contributed by atoms with Gasteiger partial charge < -0.3 is 10.2 Å². The molecule has 2 heterocycles. The summed E-state index contributed by atoms with van der Waals surface area (Å²) in [6.45, 7) is 1.13. The van der Waals surface area contributed by atoms with Gasteiger partial charge in [0.1, 0.15) is 5.84 Å². The molecular formula is C27H32ClN5O2. The molecule has 184 valence electrons. The molecule has 0 bridgehead atoms. The summed E-state index contributed by atoms with van der Waals surface area (Å²) >= 11 is 5.94. The smallest absolute Gasteiger partial charge is 0.231 e. The third-order valence-corrected chi connectivity index (χ3v) is 7.53. The van der Waals surface area contributed by atoms with E-state index in [4.69, 9.17) is 11.6 Å². The van der Waals surface area contributed by atoms with Crippen molar-refractivity contribution in [3.05, 3.63) is 70.7 Å². The lowest BCUT2D eigenvalue weighted by Crippen LogP contribution is -2.67. The molecule has 2 fully saturated rings. The summed E-state index contributed by atoms with van der Waals surface area (Å²) in [5.74, 6) is 1.09. The lowest BCUT2D eigenvalue weighted by molar-refractivity contribution is -0.156. The molecule has 1 saturated heterocycles. The van der Waals surface area contributed by atoms with Crippen molar-refractivity contribution in [3.8, 4) is 0 Å². The quantitative estimate of drug-likeness (QED) is 0.585. The number of rotatable bonds is 8. The van der Waals surface area contributed by atoms with Crippen molar-refractivity contribution < 1.29 is 9.59 Å². The molecule has 3 aliphatic rings. The normalized spacial score (nSPS) is 23.3. The second-order valence-corrected chi connectivity index (χ2v) is 10.0. The number of fused-ring (bicyclic) bond motifs is 3. The molecule has 1 aliphatic carbocycles. The molecule has 8 heteroatoms. The third kappa shape index (κ3) is 5.30. The molecule has 2 amide bonds. The van der Waals surface area contributed by atoms with E-state index >= 15 is 0 Å². The lowest BCUT2D eigenvalue weighted by atomic mass is 9.80. The Labute approximate surface area is 211 Å². The van der Waals surface area contributed by atoms with Crippen molar-refractivity contribution in [1.29, 1.82) is 0 Å². The monoisotopic (exact) mass is 493 g/mol. The van der Waals surface area contributed by atoms with E-state index in [1.54, 1.807) is 0 Å². The molecule has 2 N–H and O–H groups in total. The molecule has 7 nitrogen and oxygen atoms in total. The van der Waals surface area contributed by atoms with Crippen molar-refractivity contribution >= 4 is 29.3 Å².